The molecule has 0 saturated carbocycles. The van der Waals surface area contributed by atoms with Gasteiger partial charge in [0.2, 0.25) is 0 Å². The molecule has 2 aliphatic heterocycles. The van der Waals surface area contributed by atoms with Crippen molar-refractivity contribution in [1.29, 1.82) is 0 Å². The second-order valence-corrected chi connectivity index (χ2v) is 5.40. The number of carbonyl (C=O) groups excluding carboxylic acids is 4. The highest BCUT2D eigenvalue weighted by Gasteiger charge is 2.30. The second-order valence-electron chi connectivity index (χ2n) is 5.40. The number of carbonyl (C=O) groups is 4. The van der Waals surface area contributed by atoms with Crippen molar-refractivity contribution in [3.63, 3.8) is 0 Å². The van der Waals surface area contributed by atoms with Gasteiger partial charge < -0.3 is 9.47 Å². The number of esters is 4. The predicted molar refractivity (Wildman–Crippen MR) is 81.9 cm³/mol. The van der Waals surface area contributed by atoms with E-state index in [-0.39, 0.29) is 0 Å². The third-order valence-electron chi connectivity index (χ3n) is 3.68. The van der Waals surface area contributed by atoms with Gasteiger partial charge >= 0.3 is 23.9 Å². The van der Waals surface area contributed by atoms with Gasteiger partial charge in [-0.3, -0.25) is 0 Å². The lowest BCUT2D eigenvalue weighted by Gasteiger charge is -1.94. The Morgan fingerprint density at radius 2 is 1.29 bits per heavy atom. The van der Waals surface area contributed by atoms with Gasteiger partial charge in [-0.05, 0) is 37.6 Å². The van der Waals surface area contributed by atoms with E-state index < -0.39 is 23.9 Å². The van der Waals surface area contributed by atoms with Crippen molar-refractivity contribution in [2.24, 2.45) is 0 Å². The van der Waals surface area contributed by atoms with Crippen molar-refractivity contribution < 1.29 is 28.7 Å². The maximum atomic E-state index is 11.1. The van der Waals surface area contributed by atoms with Gasteiger partial charge in [-0.1, -0.05) is 23.8 Å². The molecule has 6 heteroatoms. The Morgan fingerprint density at radius 3 is 2.00 bits per heavy atom. The first-order valence-electron chi connectivity index (χ1n) is 7.12. The molecule has 0 unspecified atom stereocenters. The largest absolute Gasteiger partial charge is 0.386 e. The van der Waals surface area contributed by atoms with E-state index in [4.69, 9.17) is 0 Å². The molecule has 0 bridgehead atoms. The molecule has 0 radical (unpaired) electrons. The molecule has 2 heterocycles. The highest BCUT2D eigenvalue weighted by molar-refractivity contribution is 6.15. The van der Waals surface area contributed by atoms with Gasteiger partial charge in [0.05, 0.1) is 22.3 Å². The Labute approximate surface area is 137 Å². The molecule has 0 amide bonds. The fourth-order valence-electron chi connectivity index (χ4n) is 2.50. The van der Waals surface area contributed by atoms with Crippen LogP contribution in [0.4, 0.5) is 0 Å². The summed E-state index contributed by atoms with van der Waals surface area (Å²) in [4.78, 5) is 44.0. The lowest BCUT2D eigenvalue weighted by Crippen LogP contribution is -1.97. The zero-order chi connectivity index (χ0) is 17.4. The molecule has 6 nitrogen and oxygen atoms in total. The first kappa shape index (κ1) is 15.6. The van der Waals surface area contributed by atoms with Crippen LogP contribution in [-0.4, -0.2) is 23.9 Å². The van der Waals surface area contributed by atoms with Crippen LogP contribution in [0.5, 0.6) is 0 Å². The molecule has 2 aliphatic rings. The summed E-state index contributed by atoms with van der Waals surface area (Å²) in [6.07, 6.45) is 0. The lowest BCUT2D eigenvalue weighted by atomic mass is 10.0. The molecule has 4 rings (SSSR count). The Kier molecular flexibility index (Phi) is 3.73. The zero-order valence-corrected chi connectivity index (χ0v) is 12.9. The van der Waals surface area contributed by atoms with E-state index in [0.717, 1.165) is 11.1 Å². The molecule has 0 spiro atoms. The van der Waals surface area contributed by atoms with Crippen molar-refractivity contribution in [3.8, 4) is 0 Å². The van der Waals surface area contributed by atoms with Crippen LogP contribution in [0.2, 0.25) is 0 Å². The Bertz CT molecular complexity index is 904. The van der Waals surface area contributed by atoms with Crippen molar-refractivity contribution in [2.75, 3.05) is 0 Å². The van der Waals surface area contributed by atoms with Gasteiger partial charge in [-0.25, -0.2) is 19.2 Å². The van der Waals surface area contributed by atoms with Crippen LogP contribution in [-0.2, 0) is 9.47 Å². The van der Waals surface area contributed by atoms with Crippen LogP contribution in [0.1, 0.15) is 52.6 Å². The van der Waals surface area contributed by atoms with Gasteiger partial charge in [0.25, 0.3) is 0 Å². The van der Waals surface area contributed by atoms with E-state index in [2.05, 4.69) is 9.47 Å². The van der Waals surface area contributed by atoms with E-state index in [1.165, 1.54) is 0 Å². The third kappa shape index (κ3) is 2.58. The molecule has 0 aliphatic carbocycles. The van der Waals surface area contributed by atoms with Gasteiger partial charge in [-0.2, -0.15) is 0 Å². The summed E-state index contributed by atoms with van der Waals surface area (Å²) in [5.41, 5.74) is 3.25. The van der Waals surface area contributed by atoms with Gasteiger partial charge in [-0.15, -0.1) is 0 Å². The molecule has 0 saturated heterocycles. The molecular weight excluding hydrogens is 312 g/mol. The summed E-state index contributed by atoms with van der Waals surface area (Å²) in [5, 5.41) is 0. The Hall–Kier alpha value is -3.28. The van der Waals surface area contributed by atoms with Crippen LogP contribution < -0.4 is 0 Å². The number of rotatable bonds is 0. The summed E-state index contributed by atoms with van der Waals surface area (Å²) < 4.78 is 8.84. The number of hydrogen-bond donors (Lipinski definition) is 0. The fraction of sp³-hybridized carbons (Fsp3) is 0.111. The van der Waals surface area contributed by atoms with Gasteiger partial charge in [0.15, 0.2) is 0 Å². The molecule has 0 aromatic heterocycles. The van der Waals surface area contributed by atoms with E-state index in [9.17, 15) is 19.2 Å². The summed E-state index contributed by atoms with van der Waals surface area (Å²) in [5.74, 6) is -2.17. The number of cyclic esters (lactones) is 4. The molecule has 2 aromatic rings. The van der Waals surface area contributed by atoms with Crippen molar-refractivity contribution in [2.45, 2.75) is 13.8 Å². The number of hydrogen-bond acceptors (Lipinski definition) is 6. The molecule has 0 N–H and O–H groups in total. The molecule has 0 fully saturated rings. The summed E-state index contributed by atoms with van der Waals surface area (Å²) in [6, 6.07) is 10.1. The minimum Gasteiger partial charge on any atom is -0.386 e. The van der Waals surface area contributed by atoms with E-state index in [1.54, 1.807) is 43.3 Å². The third-order valence-corrected chi connectivity index (χ3v) is 3.68. The normalized spacial score (nSPS) is 14.4. The smallest absolute Gasteiger partial charge is 0.347 e. The molecular formula is C18H12O6. The summed E-state index contributed by atoms with van der Waals surface area (Å²) in [7, 11) is 0. The average Bonchev–Trinajstić information content (AvgIpc) is 2.98. The van der Waals surface area contributed by atoms with Crippen LogP contribution in [0.15, 0.2) is 36.4 Å². The van der Waals surface area contributed by atoms with Crippen LogP contribution in [0.3, 0.4) is 0 Å². The molecule has 120 valence electrons. The molecule has 24 heavy (non-hydrogen) atoms. The van der Waals surface area contributed by atoms with Crippen molar-refractivity contribution in [3.05, 3.63) is 69.8 Å². The fourth-order valence-corrected chi connectivity index (χ4v) is 2.50. The van der Waals surface area contributed by atoms with Gasteiger partial charge in [0.1, 0.15) is 0 Å². The minimum absolute atomic E-state index is 0.366. The van der Waals surface area contributed by atoms with Crippen molar-refractivity contribution >= 4 is 23.9 Å². The SMILES string of the molecule is Cc1ccc2c(c1)C(=O)OC2=O.Cc1cccc2c1C(=O)OC2=O. The van der Waals surface area contributed by atoms with Crippen LogP contribution >= 0.6 is 0 Å². The quantitative estimate of drug-likeness (QED) is 0.547. The maximum absolute atomic E-state index is 11.1. The minimum atomic E-state index is -0.546. The molecule has 2 aromatic carbocycles. The standard InChI is InChI=1S/2C9H6O3/c1-5-2-3-6-7(4-5)9(11)12-8(6)10;1-5-3-2-4-6-7(5)9(11)12-8(6)10/h2*2-4H,1H3. The monoisotopic (exact) mass is 324 g/mol. The zero-order valence-electron chi connectivity index (χ0n) is 12.9. The summed E-state index contributed by atoms with van der Waals surface area (Å²) in [6.45, 7) is 3.63. The van der Waals surface area contributed by atoms with E-state index >= 15 is 0 Å². The van der Waals surface area contributed by atoms with Crippen LogP contribution in [0.25, 0.3) is 0 Å². The highest BCUT2D eigenvalue weighted by atomic mass is 16.6. The summed E-state index contributed by atoms with van der Waals surface area (Å²) >= 11 is 0. The van der Waals surface area contributed by atoms with Crippen molar-refractivity contribution in [1.82, 2.24) is 0 Å². The lowest BCUT2D eigenvalue weighted by molar-refractivity contribution is 0.0425. The number of benzene rings is 2. The Balaban J connectivity index is 0.000000141. The highest BCUT2D eigenvalue weighted by Crippen LogP contribution is 2.22. The second kappa shape index (κ2) is 5.73. The number of ether oxygens (including phenoxy) is 2. The first-order chi connectivity index (χ1) is 11.4. The number of fused-ring (bicyclic) bond motifs is 2. The Morgan fingerprint density at radius 1 is 0.667 bits per heavy atom. The van der Waals surface area contributed by atoms with Crippen LogP contribution in [0, 0.1) is 13.8 Å². The van der Waals surface area contributed by atoms with E-state index in [1.807, 2.05) is 6.92 Å². The van der Waals surface area contributed by atoms with Gasteiger partial charge in [0, 0.05) is 0 Å². The average molecular weight is 324 g/mol. The molecule has 0 atom stereocenters. The first-order valence-corrected chi connectivity index (χ1v) is 7.12. The maximum Gasteiger partial charge on any atom is 0.347 e. The predicted octanol–water partition coefficient (Wildman–Crippen LogP) is 2.61. The van der Waals surface area contributed by atoms with E-state index in [0.29, 0.717) is 22.3 Å². The topological polar surface area (TPSA) is 86.7 Å². The number of aryl methyl sites for hydroxylation is 2.